The lowest BCUT2D eigenvalue weighted by Gasteiger charge is -2.22. The molecule has 5 heteroatoms. The molecule has 1 saturated heterocycles. The second kappa shape index (κ2) is 9.56. The van der Waals surface area contributed by atoms with Crippen LogP contribution < -0.4 is 10.1 Å². The first-order valence-corrected chi connectivity index (χ1v) is 9.09. The van der Waals surface area contributed by atoms with E-state index in [2.05, 4.69) is 19.2 Å². The summed E-state index contributed by atoms with van der Waals surface area (Å²) in [6.07, 6.45) is 2.38. The third-order valence-electron chi connectivity index (χ3n) is 4.56. The van der Waals surface area contributed by atoms with Crippen molar-refractivity contribution in [2.45, 2.75) is 46.1 Å². The lowest BCUT2D eigenvalue weighted by atomic mass is 9.93. The quantitative estimate of drug-likeness (QED) is 0.550. The molecule has 1 aliphatic rings. The van der Waals surface area contributed by atoms with Crippen LogP contribution >= 0.6 is 0 Å². The Morgan fingerprint density at radius 2 is 2.00 bits per heavy atom. The van der Waals surface area contributed by atoms with E-state index in [-0.39, 0.29) is 17.8 Å². The van der Waals surface area contributed by atoms with E-state index in [1.807, 2.05) is 0 Å². The van der Waals surface area contributed by atoms with Crippen LogP contribution in [0.15, 0.2) is 24.3 Å². The average Bonchev–Trinajstić information content (AvgIpc) is 3.06. The maximum atomic E-state index is 12.0. The lowest BCUT2D eigenvalue weighted by molar-refractivity contribution is -0.121. The predicted molar refractivity (Wildman–Crippen MR) is 96.9 cm³/mol. The van der Waals surface area contributed by atoms with E-state index in [0.29, 0.717) is 49.1 Å². The van der Waals surface area contributed by atoms with Crippen LogP contribution in [-0.4, -0.2) is 37.6 Å². The van der Waals surface area contributed by atoms with Gasteiger partial charge in [-0.05, 0) is 49.9 Å². The maximum Gasteiger partial charge on any atom is 0.220 e. The number of carbonyl (C=O) groups is 2. The molecular weight excluding hydrogens is 318 g/mol. The van der Waals surface area contributed by atoms with Crippen molar-refractivity contribution in [3.8, 4) is 5.75 Å². The first kappa shape index (κ1) is 19.4. The minimum Gasteiger partial charge on any atom is -0.494 e. The molecule has 138 valence electrons. The molecule has 1 N–H and O–H groups in total. The van der Waals surface area contributed by atoms with Crippen molar-refractivity contribution in [1.82, 2.24) is 5.32 Å². The summed E-state index contributed by atoms with van der Waals surface area (Å²) < 4.78 is 11.3. The third-order valence-corrected chi connectivity index (χ3v) is 4.56. The fraction of sp³-hybridized carbons (Fsp3) is 0.600. The molecular formula is C20H29NO4. The largest absolute Gasteiger partial charge is 0.494 e. The zero-order valence-electron chi connectivity index (χ0n) is 15.4. The summed E-state index contributed by atoms with van der Waals surface area (Å²) in [4.78, 5) is 23.2. The fourth-order valence-electron chi connectivity index (χ4n) is 3.15. The highest BCUT2D eigenvalue weighted by atomic mass is 16.5. The molecule has 1 aliphatic heterocycles. The Labute approximate surface area is 150 Å². The molecule has 0 aliphatic carbocycles. The second-order valence-electron chi connectivity index (χ2n) is 6.96. The van der Waals surface area contributed by atoms with Crippen LogP contribution in [0.4, 0.5) is 0 Å². The number of ether oxygens (including phenoxy) is 2. The summed E-state index contributed by atoms with van der Waals surface area (Å²) in [7, 11) is 0. The minimum atomic E-state index is 0.0376. The molecule has 1 fully saturated rings. The Hall–Kier alpha value is -1.88. The first-order valence-electron chi connectivity index (χ1n) is 9.09. The van der Waals surface area contributed by atoms with E-state index in [0.717, 1.165) is 13.0 Å². The molecule has 0 unspecified atom stereocenters. The van der Waals surface area contributed by atoms with E-state index in [1.54, 1.807) is 24.3 Å². The summed E-state index contributed by atoms with van der Waals surface area (Å²) >= 11 is 0. The molecule has 2 atom stereocenters. The zero-order chi connectivity index (χ0) is 18.2. The van der Waals surface area contributed by atoms with E-state index in [9.17, 15) is 9.59 Å². The summed E-state index contributed by atoms with van der Waals surface area (Å²) in [6.45, 7) is 7.81. The van der Waals surface area contributed by atoms with Crippen molar-refractivity contribution in [3.63, 3.8) is 0 Å². The van der Waals surface area contributed by atoms with Crippen molar-refractivity contribution in [1.29, 1.82) is 0 Å². The van der Waals surface area contributed by atoms with Crippen LogP contribution in [0, 0.1) is 11.8 Å². The fourth-order valence-corrected chi connectivity index (χ4v) is 3.15. The minimum absolute atomic E-state index is 0.0376. The van der Waals surface area contributed by atoms with Gasteiger partial charge in [0.25, 0.3) is 0 Å². The standard InChI is InChI=1S/C20H29NO4/c1-14(2)20-17(10-12-25-20)13-21-19(23)5-4-11-24-18-8-6-16(7-9-18)15(3)22/h6-9,14,17,20H,4-5,10-13H2,1-3H3,(H,21,23)/t17-,20-/m1/s1. The molecule has 0 saturated carbocycles. The molecule has 0 radical (unpaired) electrons. The lowest BCUT2D eigenvalue weighted by Crippen LogP contribution is -2.34. The van der Waals surface area contributed by atoms with Gasteiger partial charge in [0.2, 0.25) is 5.91 Å². The number of hydrogen-bond donors (Lipinski definition) is 1. The highest BCUT2D eigenvalue weighted by Gasteiger charge is 2.30. The van der Waals surface area contributed by atoms with Gasteiger partial charge in [0.15, 0.2) is 5.78 Å². The van der Waals surface area contributed by atoms with Gasteiger partial charge in [-0.15, -0.1) is 0 Å². The van der Waals surface area contributed by atoms with Crippen LogP contribution in [0.25, 0.3) is 0 Å². The highest BCUT2D eigenvalue weighted by Crippen LogP contribution is 2.26. The molecule has 2 rings (SSSR count). The highest BCUT2D eigenvalue weighted by molar-refractivity contribution is 5.94. The average molecular weight is 347 g/mol. The van der Waals surface area contributed by atoms with Crippen LogP contribution in [0.1, 0.15) is 50.4 Å². The van der Waals surface area contributed by atoms with Crippen molar-refractivity contribution in [3.05, 3.63) is 29.8 Å². The van der Waals surface area contributed by atoms with Gasteiger partial charge in [0.1, 0.15) is 5.75 Å². The van der Waals surface area contributed by atoms with Gasteiger partial charge in [0, 0.05) is 31.1 Å². The van der Waals surface area contributed by atoms with Crippen LogP contribution in [0.2, 0.25) is 0 Å². The van der Waals surface area contributed by atoms with Gasteiger partial charge in [-0.3, -0.25) is 9.59 Å². The molecule has 5 nitrogen and oxygen atoms in total. The maximum absolute atomic E-state index is 12.0. The number of rotatable bonds is 9. The van der Waals surface area contributed by atoms with Gasteiger partial charge >= 0.3 is 0 Å². The van der Waals surface area contributed by atoms with Gasteiger partial charge < -0.3 is 14.8 Å². The number of Topliss-reactive ketones (excluding diaryl/α,β-unsaturated/α-hetero) is 1. The number of ketones is 1. The Bertz CT molecular complexity index is 568. The monoisotopic (exact) mass is 347 g/mol. The number of carbonyl (C=O) groups excluding carboxylic acids is 2. The molecule has 0 spiro atoms. The molecule has 1 aromatic carbocycles. The summed E-state index contributed by atoms with van der Waals surface area (Å²) in [6, 6.07) is 7.06. The van der Waals surface area contributed by atoms with Crippen LogP contribution in [-0.2, 0) is 9.53 Å². The SMILES string of the molecule is CC(=O)c1ccc(OCCCC(=O)NC[C@H]2CCO[C@@H]2C(C)C)cc1. The smallest absolute Gasteiger partial charge is 0.220 e. The topological polar surface area (TPSA) is 64.6 Å². The van der Waals surface area contributed by atoms with E-state index >= 15 is 0 Å². The van der Waals surface area contributed by atoms with Gasteiger partial charge in [-0.1, -0.05) is 13.8 Å². The normalized spacial score (nSPS) is 19.8. The van der Waals surface area contributed by atoms with Crippen molar-refractivity contribution >= 4 is 11.7 Å². The molecule has 1 heterocycles. The Kier molecular flexibility index (Phi) is 7.44. The third kappa shape index (κ3) is 6.16. The summed E-state index contributed by atoms with van der Waals surface area (Å²) in [5.41, 5.74) is 0.669. The molecule has 0 aromatic heterocycles. The van der Waals surface area contributed by atoms with Gasteiger partial charge in [-0.2, -0.15) is 0 Å². The number of benzene rings is 1. The predicted octanol–water partition coefficient (Wildman–Crippen LogP) is 3.23. The van der Waals surface area contributed by atoms with Gasteiger partial charge in [0.05, 0.1) is 12.7 Å². The first-order chi connectivity index (χ1) is 12.0. The Morgan fingerprint density at radius 1 is 1.28 bits per heavy atom. The van der Waals surface area contributed by atoms with Crippen molar-refractivity contribution in [2.24, 2.45) is 11.8 Å². The summed E-state index contributed by atoms with van der Waals surface area (Å²) in [5, 5.41) is 3.02. The van der Waals surface area contributed by atoms with Crippen molar-refractivity contribution in [2.75, 3.05) is 19.8 Å². The Balaban J connectivity index is 1.61. The van der Waals surface area contributed by atoms with E-state index in [1.165, 1.54) is 6.92 Å². The second-order valence-corrected chi connectivity index (χ2v) is 6.96. The van der Waals surface area contributed by atoms with Crippen molar-refractivity contribution < 1.29 is 19.1 Å². The van der Waals surface area contributed by atoms with Crippen LogP contribution in [0.3, 0.4) is 0 Å². The molecule has 25 heavy (non-hydrogen) atoms. The van der Waals surface area contributed by atoms with Crippen LogP contribution in [0.5, 0.6) is 5.75 Å². The number of nitrogens with one attached hydrogen (secondary N) is 1. The molecule has 0 bridgehead atoms. The van der Waals surface area contributed by atoms with E-state index in [4.69, 9.17) is 9.47 Å². The summed E-state index contributed by atoms with van der Waals surface area (Å²) in [5.74, 6) is 1.71. The van der Waals surface area contributed by atoms with E-state index < -0.39 is 0 Å². The Morgan fingerprint density at radius 3 is 2.64 bits per heavy atom. The van der Waals surface area contributed by atoms with Gasteiger partial charge in [-0.25, -0.2) is 0 Å². The zero-order valence-corrected chi connectivity index (χ0v) is 15.4. The molecule has 1 aromatic rings. The number of amides is 1. The number of hydrogen-bond acceptors (Lipinski definition) is 4. The molecule has 1 amide bonds.